The number of benzene rings is 1. The molecule has 0 spiro atoms. The SMILES string of the molecule is CCNCC(C)c1ccc(CN2CC(C)CC(C)C2)cc1. The third kappa shape index (κ3) is 5.12. The molecular formula is C19H32N2. The van der Waals surface area contributed by atoms with Crippen LogP contribution in [0.25, 0.3) is 0 Å². The van der Waals surface area contributed by atoms with E-state index in [4.69, 9.17) is 0 Å². The van der Waals surface area contributed by atoms with Crippen molar-refractivity contribution in [2.75, 3.05) is 26.2 Å². The first-order valence-corrected chi connectivity index (χ1v) is 8.60. The third-order valence-electron chi connectivity index (χ3n) is 4.60. The molecule has 1 N–H and O–H groups in total. The summed E-state index contributed by atoms with van der Waals surface area (Å²) in [6.07, 6.45) is 1.39. The minimum atomic E-state index is 0.592. The van der Waals surface area contributed by atoms with E-state index >= 15 is 0 Å². The summed E-state index contributed by atoms with van der Waals surface area (Å²) in [6.45, 7) is 15.0. The highest BCUT2D eigenvalue weighted by Gasteiger charge is 2.21. The zero-order valence-corrected chi connectivity index (χ0v) is 14.2. The van der Waals surface area contributed by atoms with Crippen molar-refractivity contribution in [3.05, 3.63) is 35.4 Å². The lowest BCUT2D eigenvalue weighted by atomic mass is 9.91. The van der Waals surface area contributed by atoms with E-state index in [2.05, 4.69) is 62.2 Å². The van der Waals surface area contributed by atoms with E-state index in [0.717, 1.165) is 31.5 Å². The lowest BCUT2D eigenvalue weighted by molar-refractivity contribution is 0.134. The van der Waals surface area contributed by atoms with E-state index < -0.39 is 0 Å². The Morgan fingerprint density at radius 1 is 1.14 bits per heavy atom. The molecule has 3 atom stereocenters. The molecule has 1 saturated heterocycles. The highest BCUT2D eigenvalue weighted by Crippen LogP contribution is 2.23. The minimum absolute atomic E-state index is 0.592. The first-order valence-electron chi connectivity index (χ1n) is 8.60. The molecule has 2 nitrogen and oxygen atoms in total. The van der Waals surface area contributed by atoms with E-state index in [1.165, 1.54) is 30.6 Å². The number of piperidine rings is 1. The van der Waals surface area contributed by atoms with Crippen LogP contribution < -0.4 is 5.32 Å². The van der Waals surface area contributed by atoms with E-state index in [-0.39, 0.29) is 0 Å². The maximum atomic E-state index is 3.43. The van der Waals surface area contributed by atoms with Crippen LogP contribution in [0.3, 0.4) is 0 Å². The first-order chi connectivity index (χ1) is 10.1. The normalized spacial score (nSPS) is 25.0. The molecule has 118 valence electrons. The number of rotatable bonds is 6. The van der Waals surface area contributed by atoms with Crippen LogP contribution in [0.1, 0.15) is 51.2 Å². The molecule has 1 aliphatic rings. The largest absolute Gasteiger partial charge is 0.316 e. The predicted octanol–water partition coefficient (Wildman–Crippen LogP) is 3.88. The van der Waals surface area contributed by atoms with E-state index in [0.29, 0.717) is 5.92 Å². The van der Waals surface area contributed by atoms with Gasteiger partial charge in [-0.2, -0.15) is 0 Å². The quantitative estimate of drug-likeness (QED) is 0.854. The smallest absolute Gasteiger partial charge is 0.0233 e. The van der Waals surface area contributed by atoms with Gasteiger partial charge in [0.25, 0.3) is 0 Å². The molecule has 1 aromatic carbocycles. The number of hydrogen-bond acceptors (Lipinski definition) is 2. The summed E-state index contributed by atoms with van der Waals surface area (Å²) >= 11 is 0. The van der Waals surface area contributed by atoms with Gasteiger partial charge in [-0.3, -0.25) is 4.90 Å². The number of nitrogens with one attached hydrogen (secondary N) is 1. The molecule has 0 aliphatic carbocycles. The Kier molecular flexibility index (Phi) is 6.25. The average molecular weight is 288 g/mol. The standard InChI is InChI=1S/C19H32N2/c1-5-20-11-17(4)19-8-6-18(7-9-19)14-21-12-15(2)10-16(3)13-21/h6-9,15-17,20H,5,10-14H2,1-4H3. The Bertz CT molecular complexity index is 402. The van der Waals surface area contributed by atoms with Crippen LogP contribution >= 0.6 is 0 Å². The highest BCUT2D eigenvalue weighted by atomic mass is 15.1. The molecule has 1 heterocycles. The van der Waals surface area contributed by atoms with Gasteiger partial charge in [0.05, 0.1) is 0 Å². The molecule has 1 aliphatic heterocycles. The Morgan fingerprint density at radius 2 is 1.76 bits per heavy atom. The molecule has 3 unspecified atom stereocenters. The molecule has 0 radical (unpaired) electrons. The molecule has 0 saturated carbocycles. The average Bonchev–Trinajstić information content (AvgIpc) is 2.44. The van der Waals surface area contributed by atoms with Crippen molar-refractivity contribution in [3.63, 3.8) is 0 Å². The second-order valence-electron chi connectivity index (χ2n) is 7.09. The van der Waals surface area contributed by atoms with Gasteiger partial charge in [-0.15, -0.1) is 0 Å². The van der Waals surface area contributed by atoms with Gasteiger partial charge in [0, 0.05) is 26.2 Å². The summed E-state index contributed by atoms with van der Waals surface area (Å²) in [5.74, 6) is 2.27. The van der Waals surface area contributed by atoms with E-state index in [1.54, 1.807) is 0 Å². The van der Waals surface area contributed by atoms with Gasteiger partial charge < -0.3 is 5.32 Å². The van der Waals surface area contributed by atoms with Crippen molar-refractivity contribution in [1.82, 2.24) is 10.2 Å². The second-order valence-corrected chi connectivity index (χ2v) is 7.09. The Balaban J connectivity index is 1.90. The molecular weight excluding hydrogens is 256 g/mol. The van der Waals surface area contributed by atoms with Crippen molar-refractivity contribution in [2.24, 2.45) is 11.8 Å². The monoisotopic (exact) mass is 288 g/mol. The van der Waals surface area contributed by atoms with Crippen molar-refractivity contribution >= 4 is 0 Å². The Labute approximate surface area is 130 Å². The van der Waals surface area contributed by atoms with Gasteiger partial charge in [-0.1, -0.05) is 52.0 Å². The summed E-state index contributed by atoms with van der Waals surface area (Å²) in [4.78, 5) is 2.62. The fourth-order valence-corrected chi connectivity index (χ4v) is 3.61. The highest BCUT2D eigenvalue weighted by molar-refractivity contribution is 5.25. The van der Waals surface area contributed by atoms with Crippen molar-refractivity contribution < 1.29 is 0 Å². The number of nitrogens with zero attached hydrogens (tertiary/aromatic N) is 1. The van der Waals surface area contributed by atoms with Gasteiger partial charge in [0.15, 0.2) is 0 Å². The van der Waals surface area contributed by atoms with Crippen LogP contribution in [-0.4, -0.2) is 31.1 Å². The van der Waals surface area contributed by atoms with Crippen molar-refractivity contribution in [2.45, 2.75) is 46.6 Å². The number of likely N-dealkylation sites (N-methyl/N-ethyl adjacent to an activating group) is 1. The summed E-state index contributed by atoms with van der Waals surface area (Å²) in [7, 11) is 0. The van der Waals surface area contributed by atoms with Gasteiger partial charge in [-0.05, 0) is 41.8 Å². The molecule has 0 aromatic heterocycles. The van der Waals surface area contributed by atoms with Crippen molar-refractivity contribution in [1.29, 1.82) is 0 Å². The lowest BCUT2D eigenvalue weighted by Crippen LogP contribution is -2.38. The fraction of sp³-hybridized carbons (Fsp3) is 0.684. The summed E-state index contributed by atoms with van der Waals surface area (Å²) in [5.41, 5.74) is 2.90. The zero-order chi connectivity index (χ0) is 15.2. The number of hydrogen-bond donors (Lipinski definition) is 1. The maximum Gasteiger partial charge on any atom is 0.0233 e. The van der Waals surface area contributed by atoms with Crippen LogP contribution in [0, 0.1) is 11.8 Å². The van der Waals surface area contributed by atoms with Crippen LogP contribution in [0.4, 0.5) is 0 Å². The van der Waals surface area contributed by atoms with Crippen molar-refractivity contribution in [3.8, 4) is 0 Å². The molecule has 0 bridgehead atoms. The molecule has 0 amide bonds. The van der Waals surface area contributed by atoms with Crippen LogP contribution in [-0.2, 0) is 6.54 Å². The predicted molar refractivity (Wildman–Crippen MR) is 91.6 cm³/mol. The summed E-state index contributed by atoms with van der Waals surface area (Å²) in [6, 6.07) is 9.27. The van der Waals surface area contributed by atoms with Gasteiger partial charge in [0.2, 0.25) is 0 Å². The Morgan fingerprint density at radius 3 is 2.33 bits per heavy atom. The molecule has 1 fully saturated rings. The summed E-state index contributed by atoms with van der Waals surface area (Å²) < 4.78 is 0. The number of likely N-dealkylation sites (tertiary alicyclic amines) is 1. The van der Waals surface area contributed by atoms with Crippen LogP contribution in [0.5, 0.6) is 0 Å². The topological polar surface area (TPSA) is 15.3 Å². The lowest BCUT2D eigenvalue weighted by Gasteiger charge is -2.35. The van der Waals surface area contributed by atoms with Crippen LogP contribution in [0.15, 0.2) is 24.3 Å². The van der Waals surface area contributed by atoms with Crippen LogP contribution in [0.2, 0.25) is 0 Å². The maximum absolute atomic E-state index is 3.43. The van der Waals surface area contributed by atoms with Gasteiger partial charge in [0.1, 0.15) is 0 Å². The molecule has 21 heavy (non-hydrogen) atoms. The van der Waals surface area contributed by atoms with E-state index in [9.17, 15) is 0 Å². The Hall–Kier alpha value is -0.860. The molecule has 1 aromatic rings. The van der Waals surface area contributed by atoms with Gasteiger partial charge >= 0.3 is 0 Å². The molecule has 2 heteroatoms. The fourth-order valence-electron chi connectivity index (χ4n) is 3.61. The second kappa shape index (κ2) is 7.95. The third-order valence-corrected chi connectivity index (χ3v) is 4.60. The van der Waals surface area contributed by atoms with E-state index in [1.807, 2.05) is 0 Å². The summed E-state index contributed by atoms with van der Waals surface area (Å²) in [5, 5.41) is 3.43. The zero-order valence-electron chi connectivity index (χ0n) is 14.2. The minimum Gasteiger partial charge on any atom is -0.316 e. The van der Waals surface area contributed by atoms with Gasteiger partial charge in [-0.25, -0.2) is 0 Å². The molecule has 2 rings (SSSR count). The first kappa shape index (κ1) is 16.5.